The second-order valence-corrected chi connectivity index (χ2v) is 4.25. The second kappa shape index (κ2) is 6.19. The van der Waals surface area contributed by atoms with Gasteiger partial charge in [0.05, 0.1) is 5.02 Å². The highest BCUT2D eigenvalue weighted by atomic mass is 35.5. The zero-order valence-electron chi connectivity index (χ0n) is 10.4. The Balaban J connectivity index is 2.15. The third-order valence-electron chi connectivity index (χ3n) is 2.35. The van der Waals surface area contributed by atoms with E-state index < -0.39 is 5.91 Å². The van der Waals surface area contributed by atoms with E-state index in [2.05, 4.69) is 25.6 Å². The first kappa shape index (κ1) is 13.4. The number of aromatic nitrogens is 3. The van der Waals surface area contributed by atoms with Gasteiger partial charge in [-0.2, -0.15) is 0 Å². The molecule has 0 atom stereocenters. The number of carbonyl (C=O) groups excluding carboxylic acids is 1. The fourth-order valence-electron chi connectivity index (χ4n) is 1.45. The summed E-state index contributed by atoms with van der Waals surface area (Å²) >= 11 is 5.98. The number of rotatable bonds is 5. The van der Waals surface area contributed by atoms with E-state index in [1.54, 1.807) is 24.5 Å². The molecule has 2 aromatic heterocycles. The number of amides is 1. The van der Waals surface area contributed by atoms with Crippen molar-refractivity contribution in [1.82, 2.24) is 15.0 Å². The van der Waals surface area contributed by atoms with Gasteiger partial charge in [-0.15, -0.1) is 0 Å². The summed E-state index contributed by atoms with van der Waals surface area (Å²) in [6.45, 7) is 2.83. The smallest absolute Gasteiger partial charge is 0.278 e. The monoisotopic (exact) mass is 279 g/mol. The van der Waals surface area contributed by atoms with Crippen LogP contribution in [0.3, 0.4) is 0 Å². The number of anilines is 2. The van der Waals surface area contributed by atoms with E-state index in [1.165, 1.54) is 0 Å². The quantitative estimate of drug-likeness (QED) is 0.785. The lowest BCUT2D eigenvalue weighted by Crippen LogP contribution is -2.16. The average Bonchev–Trinajstić information content (AvgIpc) is 2.90. The van der Waals surface area contributed by atoms with Crippen LogP contribution in [0.25, 0.3) is 0 Å². The van der Waals surface area contributed by atoms with Gasteiger partial charge >= 0.3 is 0 Å². The molecule has 19 heavy (non-hydrogen) atoms. The van der Waals surface area contributed by atoms with Gasteiger partial charge in [-0.1, -0.05) is 18.5 Å². The highest BCUT2D eigenvalue weighted by Gasteiger charge is 2.14. The highest BCUT2D eigenvalue weighted by Crippen LogP contribution is 2.17. The van der Waals surface area contributed by atoms with Crippen molar-refractivity contribution in [1.29, 1.82) is 0 Å². The normalized spacial score (nSPS) is 10.2. The molecular formula is C12H14ClN5O. The number of H-pyrrole nitrogens is 1. The summed E-state index contributed by atoms with van der Waals surface area (Å²) in [6.07, 6.45) is 4.13. The molecule has 0 aliphatic rings. The molecule has 0 radical (unpaired) electrons. The van der Waals surface area contributed by atoms with E-state index in [9.17, 15) is 4.79 Å². The summed E-state index contributed by atoms with van der Waals surface area (Å²) in [5.41, 5.74) is 0.166. The average molecular weight is 280 g/mol. The molecule has 0 aromatic carbocycles. The number of imidazole rings is 1. The van der Waals surface area contributed by atoms with Gasteiger partial charge in [0.25, 0.3) is 5.91 Å². The van der Waals surface area contributed by atoms with Gasteiger partial charge in [-0.25, -0.2) is 9.97 Å². The SMILES string of the molecule is CCCNc1ccc(Cl)c(C(=O)Nc2ncc[nH]2)n1. The van der Waals surface area contributed by atoms with Crippen LogP contribution < -0.4 is 10.6 Å². The third-order valence-corrected chi connectivity index (χ3v) is 2.65. The largest absolute Gasteiger partial charge is 0.370 e. The number of halogens is 1. The molecule has 1 amide bonds. The molecule has 6 nitrogen and oxygen atoms in total. The second-order valence-electron chi connectivity index (χ2n) is 3.85. The highest BCUT2D eigenvalue weighted by molar-refractivity contribution is 6.34. The van der Waals surface area contributed by atoms with Gasteiger partial charge in [-0.3, -0.25) is 10.1 Å². The molecule has 0 aliphatic heterocycles. The molecule has 100 valence electrons. The van der Waals surface area contributed by atoms with Crippen molar-refractivity contribution in [2.24, 2.45) is 0 Å². The van der Waals surface area contributed by atoms with Crippen molar-refractivity contribution >= 4 is 29.3 Å². The Kier molecular flexibility index (Phi) is 4.35. The molecule has 0 unspecified atom stereocenters. The summed E-state index contributed by atoms with van der Waals surface area (Å²) in [6, 6.07) is 3.38. The molecular weight excluding hydrogens is 266 g/mol. The molecule has 2 aromatic rings. The first-order chi connectivity index (χ1) is 9.20. The van der Waals surface area contributed by atoms with Crippen LogP contribution >= 0.6 is 11.6 Å². The van der Waals surface area contributed by atoms with Crippen LogP contribution in [0.2, 0.25) is 5.02 Å². The van der Waals surface area contributed by atoms with Crippen LogP contribution in [0, 0.1) is 0 Å². The molecule has 0 fully saturated rings. The van der Waals surface area contributed by atoms with Crippen molar-refractivity contribution in [2.75, 3.05) is 17.2 Å². The molecule has 0 bridgehead atoms. The maximum atomic E-state index is 12.0. The number of nitrogens with one attached hydrogen (secondary N) is 3. The van der Waals surface area contributed by atoms with E-state index in [0.717, 1.165) is 13.0 Å². The predicted molar refractivity (Wildman–Crippen MR) is 74.6 cm³/mol. The van der Waals surface area contributed by atoms with Crippen molar-refractivity contribution < 1.29 is 4.79 Å². The predicted octanol–water partition coefficient (Wildman–Crippen LogP) is 2.53. The fourth-order valence-corrected chi connectivity index (χ4v) is 1.64. The van der Waals surface area contributed by atoms with Gasteiger partial charge in [-0.05, 0) is 18.6 Å². The van der Waals surface area contributed by atoms with E-state index in [0.29, 0.717) is 16.8 Å². The summed E-state index contributed by atoms with van der Waals surface area (Å²) < 4.78 is 0. The molecule has 2 heterocycles. The Bertz CT molecular complexity index is 555. The van der Waals surface area contributed by atoms with Gasteiger partial charge < -0.3 is 10.3 Å². The Labute approximate surface area is 115 Å². The van der Waals surface area contributed by atoms with Crippen LogP contribution in [0.4, 0.5) is 11.8 Å². The third kappa shape index (κ3) is 3.45. The molecule has 0 aliphatic carbocycles. The van der Waals surface area contributed by atoms with Crippen LogP contribution in [-0.2, 0) is 0 Å². The first-order valence-corrected chi connectivity index (χ1v) is 6.29. The maximum Gasteiger partial charge on any atom is 0.278 e. The van der Waals surface area contributed by atoms with Crippen molar-refractivity contribution in [2.45, 2.75) is 13.3 Å². The lowest BCUT2D eigenvalue weighted by Gasteiger charge is -2.07. The molecule has 0 saturated heterocycles. The van der Waals surface area contributed by atoms with E-state index >= 15 is 0 Å². The van der Waals surface area contributed by atoms with Crippen LogP contribution in [0.1, 0.15) is 23.8 Å². The summed E-state index contributed by atoms with van der Waals surface area (Å²) in [5, 5.41) is 5.98. The Hall–Kier alpha value is -2.08. The molecule has 3 N–H and O–H groups in total. The zero-order valence-corrected chi connectivity index (χ0v) is 11.2. The van der Waals surface area contributed by atoms with E-state index in [4.69, 9.17) is 11.6 Å². The molecule has 0 spiro atoms. The van der Waals surface area contributed by atoms with Crippen molar-refractivity contribution in [3.8, 4) is 0 Å². The number of hydrogen-bond donors (Lipinski definition) is 3. The van der Waals surface area contributed by atoms with Crippen molar-refractivity contribution in [3.63, 3.8) is 0 Å². The number of hydrogen-bond acceptors (Lipinski definition) is 4. The molecule has 7 heteroatoms. The number of nitrogens with zero attached hydrogens (tertiary/aromatic N) is 2. The minimum atomic E-state index is -0.403. The standard InChI is InChI=1S/C12H14ClN5O/c1-2-5-14-9-4-3-8(13)10(17-9)11(19)18-12-15-6-7-16-12/h3-4,6-7H,2,5H2,1H3,(H,14,17)(H2,15,16,18,19). The summed E-state index contributed by atoms with van der Waals surface area (Å²) in [4.78, 5) is 22.9. The Morgan fingerprint density at radius 2 is 2.32 bits per heavy atom. The van der Waals surface area contributed by atoms with Gasteiger partial charge in [0.15, 0.2) is 0 Å². The lowest BCUT2D eigenvalue weighted by atomic mass is 10.3. The Morgan fingerprint density at radius 3 is 3.00 bits per heavy atom. The number of aromatic amines is 1. The van der Waals surface area contributed by atoms with Crippen LogP contribution in [-0.4, -0.2) is 27.4 Å². The van der Waals surface area contributed by atoms with E-state index in [1.807, 2.05) is 6.92 Å². The van der Waals surface area contributed by atoms with Gasteiger partial charge in [0, 0.05) is 18.9 Å². The van der Waals surface area contributed by atoms with Gasteiger partial charge in [0.2, 0.25) is 5.95 Å². The van der Waals surface area contributed by atoms with E-state index in [-0.39, 0.29) is 5.69 Å². The number of carbonyl (C=O) groups is 1. The van der Waals surface area contributed by atoms with Crippen molar-refractivity contribution in [3.05, 3.63) is 35.2 Å². The minimum Gasteiger partial charge on any atom is -0.370 e. The maximum absolute atomic E-state index is 12.0. The lowest BCUT2D eigenvalue weighted by molar-refractivity contribution is 0.102. The van der Waals surface area contributed by atoms with Crippen LogP contribution in [0.15, 0.2) is 24.5 Å². The molecule has 2 rings (SSSR count). The van der Waals surface area contributed by atoms with Gasteiger partial charge in [0.1, 0.15) is 11.5 Å². The zero-order chi connectivity index (χ0) is 13.7. The van der Waals surface area contributed by atoms with Crippen LogP contribution in [0.5, 0.6) is 0 Å². The fraction of sp³-hybridized carbons (Fsp3) is 0.250. The topological polar surface area (TPSA) is 82.7 Å². The number of pyridine rings is 1. The first-order valence-electron chi connectivity index (χ1n) is 5.92. The molecule has 0 saturated carbocycles. The minimum absolute atomic E-state index is 0.166. The Morgan fingerprint density at radius 1 is 1.47 bits per heavy atom. The summed E-state index contributed by atoms with van der Waals surface area (Å²) in [7, 11) is 0. The summed E-state index contributed by atoms with van der Waals surface area (Å²) in [5.74, 6) is 0.575.